The number of carbonyl (C=O) groups excluding carboxylic acids is 1. The zero-order valence-electron chi connectivity index (χ0n) is 10.4. The Morgan fingerprint density at radius 1 is 1.47 bits per heavy atom. The van der Waals surface area contributed by atoms with Crippen molar-refractivity contribution in [3.05, 3.63) is 29.6 Å². The molecule has 0 saturated heterocycles. The first-order valence-corrected chi connectivity index (χ1v) is 5.77. The maximum atomic E-state index is 13.3. The third-order valence-corrected chi connectivity index (χ3v) is 2.49. The van der Waals surface area contributed by atoms with Crippen LogP contribution in [0, 0.1) is 12.7 Å². The Hall–Kier alpha value is -1.58. The largest absolute Gasteiger partial charge is 0.464 e. The predicted molar refractivity (Wildman–Crippen MR) is 65.5 cm³/mol. The van der Waals surface area contributed by atoms with Gasteiger partial charge >= 0.3 is 5.97 Å². The topological polar surface area (TPSA) is 38.3 Å². The second kappa shape index (κ2) is 6.23. The van der Waals surface area contributed by atoms with Gasteiger partial charge in [0.05, 0.1) is 6.61 Å². The smallest absolute Gasteiger partial charge is 0.328 e. The molecule has 1 aromatic carbocycles. The van der Waals surface area contributed by atoms with Crippen LogP contribution >= 0.6 is 0 Å². The highest BCUT2D eigenvalue weighted by Crippen LogP contribution is 2.15. The van der Waals surface area contributed by atoms with E-state index in [4.69, 9.17) is 4.74 Å². The molecule has 4 heteroatoms. The van der Waals surface area contributed by atoms with E-state index in [1.807, 2.05) is 6.92 Å². The Labute approximate surface area is 101 Å². The summed E-state index contributed by atoms with van der Waals surface area (Å²) < 4.78 is 18.3. The normalized spacial score (nSPS) is 12.0. The Morgan fingerprint density at radius 3 is 2.71 bits per heavy atom. The van der Waals surface area contributed by atoms with Crippen LogP contribution in [0.3, 0.4) is 0 Å². The van der Waals surface area contributed by atoms with Crippen LogP contribution in [0.2, 0.25) is 0 Å². The minimum atomic E-state index is -0.433. The number of nitrogens with one attached hydrogen (secondary N) is 1. The molecule has 0 spiro atoms. The molecule has 17 heavy (non-hydrogen) atoms. The van der Waals surface area contributed by atoms with Crippen LogP contribution < -0.4 is 5.32 Å². The molecule has 0 amide bonds. The van der Waals surface area contributed by atoms with Gasteiger partial charge in [-0.1, -0.05) is 13.0 Å². The molecule has 0 fully saturated rings. The number of halogens is 1. The fourth-order valence-corrected chi connectivity index (χ4v) is 1.45. The Bertz CT molecular complexity index is 393. The van der Waals surface area contributed by atoms with E-state index in [0.29, 0.717) is 24.3 Å². The number of hydrogen-bond donors (Lipinski definition) is 1. The molecular formula is C13H18FNO2. The zero-order valence-corrected chi connectivity index (χ0v) is 10.4. The third-order valence-electron chi connectivity index (χ3n) is 2.49. The SMILES string of the molecule is CCOC(=O)C(CC)Nc1ccc(C)c(F)c1. The molecule has 3 nitrogen and oxygen atoms in total. The van der Waals surface area contributed by atoms with Crippen molar-refractivity contribution in [3.63, 3.8) is 0 Å². The molecule has 1 unspecified atom stereocenters. The van der Waals surface area contributed by atoms with E-state index in [-0.39, 0.29) is 11.8 Å². The molecule has 0 aliphatic rings. The lowest BCUT2D eigenvalue weighted by Gasteiger charge is -2.16. The van der Waals surface area contributed by atoms with Crippen molar-refractivity contribution in [1.29, 1.82) is 0 Å². The van der Waals surface area contributed by atoms with Crippen molar-refractivity contribution in [2.45, 2.75) is 33.2 Å². The van der Waals surface area contributed by atoms with E-state index in [2.05, 4.69) is 5.32 Å². The first-order chi connectivity index (χ1) is 8.08. The highest BCUT2D eigenvalue weighted by atomic mass is 19.1. The standard InChI is InChI=1S/C13H18FNO2/c1-4-12(13(16)17-5-2)15-10-7-6-9(3)11(14)8-10/h6-8,12,15H,4-5H2,1-3H3. The Morgan fingerprint density at radius 2 is 2.18 bits per heavy atom. The number of hydrogen-bond acceptors (Lipinski definition) is 3. The number of rotatable bonds is 5. The summed E-state index contributed by atoms with van der Waals surface area (Å²) >= 11 is 0. The Kier molecular flexibility index (Phi) is 4.94. The van der Waals surface area contributed by atoms with E-state index in [9.17, 15) is 9.18 Å². The number of carbonyl (C=O) groups is 1. The highest BCUT2D eigenvalue weighted by Gasteiger charge is 2.17. The lowest BCUT2D eigenvalue weighted by Crippen LogP contribution is -2.30. The van der Waals surface area contributed by atoms with E-state index in [0.717, 1.165) is 0 Å². The number of anilines is 1. The predicted octanol–water partition coefficient (Wildman–Crippen LogP) is 2.89. The molecule has 0 saturated carbocycles. The minimum Gasteiger partial charge on any atom is -0.464 e. The number of esters is 1. The number of ether oxygens (including phenoxy) is 1. The quantitative estimate of drug-likeness (QED) is 0.803. The second-order valence-electron chi connectivity index (χ2n) is 3.82. The van der Waals surface area contributed by atoms with Crippen molar-refractivity contribution >= 4 is 11.7 Å². The molecule has 0 aromatic heterocycles. The molecule has 0 heterocycles. The van der Waals surface area contributed by atoms with E-state index in [1.54, 1.807) is 26.0 Å². The van der Waals surface area contributed by atoms with Crippen LogP contribution in [0.25, 0.3) is 0 Å². The molecule has 0 aliphatic carbocycles. The lowest BCUT2D eigenvalue weighted by atomic mass is 10.1. The first-order valence-electron chi connectivity index (χ1n) is 5.77. The van der Waals surface area contributed by atoms with Gasteiger partial charge in [0.1, 0.15) is 11.9 Å². The fraction of sp³-hybridized carbons (Fsp3) is 0.462. The van der Waals surface area contributed by atoms with Gasteiger partial charge in [-0.15, -0.1) is 0 Å². The van der Waals surface area contributed by atoms with Crippen LogP contribution in [0.1, 0.15) is 25.8 Å². The summed E-state index contributed by atoms with van der Waals surface area (Å²) in [7, 11) is 0. The molecular weight excluding hydrogens is 221 g/mol. The van der Waals surface area contributed by atoms with E-state index >= 15 is 0 Å². The Balaban J connectivity index is 2.73. The average molecular weight is 239 g/mol. The van der Waals surface area contributed by atoms with Gasteiger partial charge in [0, 0.05) is 5.69 Å². The van der Waals surface area contributed by atoms with E-state index in [1.165, 1.54) is 6.07 Å². The van der Waals surface area contributed by atoms with Crippen LogP contribution in [-0.2, 0) is 9.53 Å². The van der Waals surface area contributed by atoms with Crippen molar-refractivity contribution in [2.24, 2.45) is 0 Å². The minimum absolute atomic E-state index is 0.284. The molecule has 0 radical (unpaired) electrons. The van der Waals surface area contributed by atoms with Crippen LogP contribution in [0.15, 0.2) is 18.2 Å². The second-order valence-corrected chi connectivity index (χ2v) is 3.82. The van der Waals surface area contributed by atoms with Gasteiger partial charge in [0.2, 0.25) is 0 Å². The van der Waals surface area contributed by atoms with Gasteiger partial charge in [0.15, 0.2) is 0 Å². The molecule has 1 aromatic rings. The molecule has 94 valence electrons. The van der Waals surface area contributed by atoms with Gasteiger partial charge in [-0.05, 0) is 38.0 Å². The zero-order chi connectivity index (χ0) is 12.8. The molecule has 0 bridgehead atoms. The third kappa shape index (κ3) is 3.73. The summed E-state index contributed by atoms with van der Waals surface area (Å²) in [6.45, 7) is 5.68. The molecule has 1 N–H and O–H groups in total. The first kappa shape index (κ1) is 13.5. The molecule has 1 atom stereocenters. The van der Waals surface area contributed by atoms with Crippen molar-refractivity contribution in [2.75, 3.05) is 11.9 Å². The number of aryl methyl sites for hydroxylation is 1. The maximum absolute atomic E-state index is 13.3. The van der Waals surface area contributed by atoms with Gasteiger partial charge in [-0.3, -0.25) is 0 Å². The summed E-state index contributed by atoms with van der Waals surface area (Å²) in [5.74, 6) is -0.593. The lowest BCUT2D eigenvalue weighted by molar-refractivity contribution is -0.144. The average Bonchev–Trinajstić information content (AvgIpc) is 2.30. The molecule has 1 rings (SSSR count). The van der Waals surface area contributed by atoms with Gasteiger partial charge in [0.25, 0.3) is 0 Å². The summed E-state index contributed by atoms with van der Waals surface area (Å²) in [5.41, 5.74) is 1.17. The van der Waals surface area contributed by atoms with Gasteiger partial charge < -0.3 is 10.1 Å². The van der Waals surface area contributed by atoms with Crippen LogP contribution in [0.4, 0.5) is 10.1 Å². The molecule has 0 aliphatic heterocycles. The van der Waals surface area contributed by atoms with Crippen LogP contribution in [0.5, 0.6) is 0 Å². The van der Waals surface area contributed by atoms with E-state index < -0.39 is 6.04 Å². The van der Waals surface area contributed by atoms with Gasteiger partial charge in [-0.25, -0.2) is 9.18 Å². The highest BCUT2D eigenvalue weighted by molar-refractivity contribution is 5.79. The van der Waals surface area contributed by atoms with Crippen molar-refractivity contribution < 1.29 is 13.9 Å². The fourth-order valence-electron chi connectivity index (χ4n) is 1.45. The monoisotopic (exact) mass is 239 g/mol. The van der Waals surface area contributed by atoms with Crippen LogP contribution in [-0.4, -0.2) is 18.6 Å². The van der Waals surface area contributed by atoms with Crippen molar-refractivity contribution in [3.8, 4) is 0 Å². The summed E-state index contributed by atoms with van der Waals surface area (Å²) in [5, 5.41) is 2.97. The van der Waals surface area contributed by atoms with Crippen molar-refractivity contribution in [1.82, 2.24) is 0 Å². The summed E-state index contributed by atoms with van der Waals surface area (Å²) in [6, 6.07) is 4.38. The summed E-state index contributed by atoms with van der Waals surface area (Å²) in [6.07, 6.45) is 0.592. The number of benzene rings is 1. The maximum Gasteiger partial charge on any atom is 0.328 e. The van der Waals surface area contributed by atoms with Gasteiger partial charge in [-0.2, -0.15) is 0 Å². The summed E-state index contributed by atoms with van der Waals surface area (Å²) in [4.78, 5) is 11.6.